The van der Waals surface area contributed by atoms with E-state index in [1.165, 1.54) is 81.1 Å². The third-order valence-corrected chi connectivity index (χ3v) is 11.7. The van der Waals surface area contributed by atoms with Gasteiger partial charge in [0.25, 0.3) is 0 Å². The molecule has 2 heteroatoms. The standard InChI is InChI=1S/C52H35NS/c1-3-16-36(17-4-1)44-33-32-41(35-49(44)38-18-5-2-6-19-38)53(50-30-15-29-48-47-27-11-12-31-51(47)54-52(48)50)40-23-13-22-39(34-40)43-25-9-10-26-45(43)46-28-14-21-37-20-7-8-24-42(37)46/h1-35H. The second kappa shape index (κ2) is 13.7. The number of thiophene rings is 1. The Hall–Kier alpha value is -6.74. The summed E-state index contributed by atoms with van der Waals surface area (Å²) in [6.45, 7) is 0. The van der Waals surface area contributed by atoms with Gasteiger partial charge in [0, 0.05) is 26.8 Å². The summed E-state index contributed by atoms with van der Waals surface area (Å²) in [5.41, 5.74) is 13.0. The third-order valence-electron chi connectivity index (χ3n) is 10.5. The number of anilines is 3. The lowest BCUT2D eigenvalue weighted by Crippen LogP contribution is -2.10. The molecule has 10 aromatic rings. The van der Waals surface area contributed by atoms with Crippen molar-refractivity contribution in [1.82, 2.24) is 0 Å². The van der Waals surface area contributed by atoms with Gasteiger partial charge in [-0.05, 0) is 91.7 Å². The smallest absolute Gasteiger partial charge is 0.0640 e. The first-order chi connectivity index (χ1) is 26.8. The summed E-state index contributed by atoms with van der Waals surface area (Å²) in [4.78, 5) is 2.46. The molecule has 0 N–H and O–H groups in total. The van der Waals surface area contributed by atoms with Crippen molar-refractivity contribution in [3.8, 4) is 44.5 Å². The summed E-state index contributed by atoms with van der Waals surface area (Å²) >= 11 is 1.87. The first kappa shape index (κ1) is 32.0. The fourth-order valence-corrected chi connectivity index (χ4v) is 9.18. The molecule has 0 bridgehead atoms. The van der Waals surface area contributed by atoms with Crippen LogP contribution in [0, 0.1) is 0 Å². The summed E-state index contributed by atoms with van der Waals surface area (Å²) in [7, 11) is 0. The van der Waals surface area contributed by atoms with E-state index < -0.39 is 0 Å². The topological polar surface area (TPSA) is 3.24 Å². The van der Waals surface area contributed by atoms with E-state index in [1.54, 1.807) is 0 Å². The number of rotatable bonds is 7. The molecular formula is C52H35NS. The average molecular weight is 706 g/mol. The lowest BCUT2D eigenvalue weighted by molar-refractivity contribution is 1.30. The monoisotopic (exact) mass is 705 g/mol. The minimum atomic E-state index is 1.11. The zero-order valence-corrected chi connectivity index (χ0v) is 30.4. The van der Waals surface area contributed by atoms with E-state index in [0.717, 1.165) is 11.4 Å². The lowest BCUT2D eigenvalue weighted by atomic mass is 9.91. The van der Waals surface area contributed by atoms with Gasteiger partial charge in [-0.25, -0.2) is 0 Å². The number of benzene rings is 9. The van der Waals surface area contributed by atoms with Crippen molar-refractivity contribution in [3.05, 3.63) is 212 Å². The van der Waals surface area contributed by atoms with Crippen LogP contribution in [-0.4, -0.2) is 0 Å². The highest BCUT2D eigenvalue weighted by Crippen LogP contribution is 2.47. The van der Waals surface area contributed by atoms with Crippen LogP contribution in [0.4, 0.5) is 17.1 Å². The maximum absolute atomic E-state index is 2.46. The van der Waals surface area contributed by atoms with Gasteiger partial charge in [-0.15, -0.1) is 11.3 Å². The molecule has 0 saturated carbocycles. The van der Waals surface area contributed by atoms with Gasteiger partial charge in [0.05, 0.1) is 10.4 Å². The normalized spacial score (nSPS) is 11.3. The van der Waals surface area contributed by atoms with Crippen molar-refractivity contribution < 1.29 is 0 Å². The zero-order valence-electron chi connectivity index (χ0n) is 29.6. The van der Waals surface area contributed by atoms with Gasteiger partial charge in [-0.3, -0.25) is 0 Å². The van der Waals surface area contributed by atoms with E-state index in [-0.39, 0.29) is 0 Å². The summed E-state index contributed by atoms with van der Waals surface area (Å²) in [5, 5.41) is 5.07. The Morgan fingerprint density at radius 2 is 0.870 bits per heavy atom. The predicted octanol–water partition coefficient (Wildman–Crippen LogP) is 15.3. The molecule has 0 aliphatic heterocycles. The van der Waals surface area contributed by atoms with E-state index >= 15 is 0 Å². The van der Waals surface area contributed by atoms with Crippen molar-refractivity contribution in [2.24, 2.45) is 0 Å². The van der Waals surface area contributed by atoms with E-state index in [0.29, 0.717) is 0 Å². The Labute approximate surface area is 319 Å². The quantitative estimate of drug-likeness (QED) is 0.160. The summed E-state index contributed by atoms with van der Waals surface area (Å²) in [6.07, 6.45) is 0. The minimum absolute atomic E-state index is 1.11. The summed E-state index contributed by atoms with van der Waals surface area (Å²) in [5.74, 6) is 0. The molecule has 0 atom stereocenters. The largest absolute Gasteiger partial charge is 0.309 e. The summed E-state index contributed by atoms with van der Waals surface area (Å²) in [6, 6.07) is 77.2. The molecular weight excluding hydrogens is 671 g/mol. The van der Waals surface area contributed by atoms with Crippen LogP contribution in [0.5, 0.6) is 0 Å². The molecule has 0 spiro atoms. The van der Waals surface area contributed by atoms with E-state index in [2.05, 4.69) is 217 Å². The Bertz CT molecular complexity index is 2940. The van der Waals surface area contributed by atoms with Gasteiger partial charge in [0.1, 0.15) is 0 Å². The second-order valence-corrected chi connectivity index (χ2v) is 14.7. The molecule has 0 unspecified atom stereocenters. The Morgan fingerprint density at radius 3 is 1.70 bits per heavy atom. The van der Waals surface area contributed by atoms with Crippen LogP contribution in [0.25, 0.3) is 75.5 Å². The Balaban J connectivity index is 1.21. The molecule has 0 aliphatic carbocycles. The van der Waals surface area contributed by atoms with Crippen molar-refractivity contribution in [1.29, 1.82) is 0 Å². The van der Waals surface area contributed by atoms with Gasteiger partial charge in [-0.1, -0.05) is 176 Å². The molecule has 254 valence electrons. The van der Waals surface area contributed by atoms with Gasteiger partial charge in [-0.2, -0.15) is 0 Å². The van der Waals surface area contributed by atoms with Crippen LogP contribution in [-0.2, 0) is 0 Å². The average Bonchev–Trinajstić information content (AvgIpc) is 3.64. The van der Waals surface area contributed by atoms with E-state index in [9.17, 15) is 0 Å². The van der Waals surface area contributed by atoms with Gasteiger partial charge < -0.3 is 4.90 Å². The van der Waals surface area contributed by atoms with Crippen LogP contribution in [0.1, 0.15) is 0 Å². The van der Waals surface area contributed by atoms with Crippen molar-refractivity contribution >= 4 is 59.3 Å². The van der Waals surface area contributed by atoms with Crippen molar-refractivity contribution in [3.63, 3.8) is 0 Å². The predicted molar refractivity (Wildman–Crippen MR) is 233 cm³/mol. The molecule has 0 amide bonds. The van der Waals surface area contributed by atoms with E-state index in [1.807, 2.05) is 11.3 Å². The molecule has 0 fully saturated rings. The maximum atomic E-state index is 2.46. The van der Waals surface area contributed by atoms with Gasteiger partial charge in [0.2, 0.25) is 0 Å². The van der Waals surface area contributed by atoms with Crippen LogP contribution in [0.15, 0.2) is 212 Å². The highest BCUT2D eigenvalue weighted by atomic mass is 32.1. The fourth-order valence-electron chi connectivity index (χ4n) is 7.98. The maximum Gasteiger partial charge on any atom is 0.0640 e. The van der Waals surface area contributed by atoms with Crippen LogP contribution in [0.3, 0.4) is 0 Å². The second-order valence-electron chi connectivity index (χ2n) is 13.7. The molecule has 54 heavy (non-hydrogen) atoms. The molecule has 1 nitrogen and oxygen atoms in total. The number of fused-ring (bicyclic) bond motifs is 4. The molecule has 0 saturated heterocycles. The Kier molecular flexibility index (Phi) is 8.09. The van der Waals surface area contributed by atoms with Crippen molar-refractivity contribution in [2.75, 3.05) is 4.90 Å². The van der Waals surface area contributed by atoms with Crippen LogP contribution in [0.2, 0.25) is 0 Å². The number of hydrogen-bond acceptors (Lipinski definition) is 2. The third kappa shape index (κ3) is 5.65. The highest BCUT2D eigenvalue weighted by molar-refractivity contribution is 7.26. The Morgan fingerprint density at radius 1 is 0.315 bits per heavy atom. The summed E-state index contributed by atoms with van der Waals surface area (Å²) < 4.78 is 2.57. The fraction of sp³-hybridized carbons (Fsp3) is 0. The molecule has 0 radical (unpaired) electrons. The zero-order chi connectivity index (χ0) is 35.8. The molecule has 1 aromatic heterocycles. The molecule has 10 rings (SSSR count). The van der Waals surface area contributed by atoms with Crippen LogP contribution >= 0.6 is 11.3 Å². The van der Waals surface area contributed by atoms with Gasteiger partial charge in [0.15, 0.2) is 0 Å². The van der Waals surface area contributed by atoms with E-state index in [4.69, 9.17) is 0 Å². The van der Waals surface area contributed by atoms with Crippen LogP contribution < -0.4 is 4.90 Å². The molecule has 9 aromatic carbocycles. The number of nitrogens with zero attached hydrogens (tertiary/aromatic N) is 1. The molecule has 0 aliphatic rings. The SMILES string of the molecule is c1ccc(-c2ccc(N(c3cccc(-c4ccccc4-c4cccc5ccccc45)c3)c3cccc4c3sc3ccccc34)cc2-c2ccccc2)cc1. The van der Waals surface area contributed by atoms with Crippen molar-refractivity contribution in [2.45, 2.75) is 0 Å². The van der Waals surface area contributed by atoms with Gasteiger partial charge >= 0.3 is 0 Å². The first-order valence-corrected chi connectivity index (χ1v) is 19.2. The minimum Gasteiger partial charge on any atom is -0.309 e. The molecule has 1 heterocycles. The lowest BCUT2D eigenvalue weighted by Gasteiger charge is -2.28. The number of hydrogen-bond donors (Lipinski definition) is 0. The highest BCUT2D eigenvalue weighted by Gasteiger charge is 2.21. The first-order valence-electron chi connectivity index (χ1n) is 18.4.